The molecule has 3 rings (SSSR count). The average molecular weight is 398 g/mol. The summed E-state index contributed by atoms with van der Waals surface area (Å²) in [6, 6.07) is 3.64. The average Bonchev–Trinajstić information content (AvgIpc) is 3.16. The zero-order valence-electron chi connectivity index (χ0n) is 13.4. The van der Waals surface area contributed by atoms with E-state index in [2.05, 4.69) is 4.98 Å². The molecule has 0 saturated carbocycles. The van der Waals surface area contributed by atoms with E-state index in [0.29, 0.717) is 31.9 Å². The van der Waals surface area contributed by atoms with E-state index < -0.39 is 17.1 Å². The van der Waals surface area contributed by atoms with Gasteiger partial charge < -0.3 is 9.80 Å². The van der Waals surface area contributed by atoms with Crippen LogP contribution in [0.1, 0.15) is 20.8 Å². The molecular weight excluding hydrogens is 383 g/mol. The smallest absolute Gasteiger partial charge is 0.273 e. The molecule has 0 spiro atoms. The van der Waals surface area contributed by atoms with Gasteiger partial charge in [-0.25, -0.2) is 13.6 Å². The summed E-state index contributed by atoms with van der Waals surface area (Å²) in [5.74, 6) is -1.33. The Hall–Kier alpha value is -2.37. The number of carbonyl (C=O) groups excluding carboxylic acids is 2. The minimum atomic E-state index is -2.40. The predicted molar refractivity (Wildman–Crippen MR) is 94.7 cm³/mol. The lowest BCUT2D eigenvalue weighted by Gasteiger charge is -2.34. The lowest BCUT2D eigenvalue weighted by molar-refractivity contribution is 0.0532. The Labute approximate surface area is 155 Å². The van der Waals surface area contributed by atoms with Gasteiger partial charge in [-0.05, 0) is 18.2 Å². The Morgan fingerprint density at radius 2 is 1.85 bits per heavy atom. The number of piperazine rings is 1. The van der Waals surface area contributed by atoms with E-state index in [9.17, 15) is 18.2 Å². The maximum absolute atomic E-state index is 13.9. The molecule has 2 amide bonds. The molecule has 1 unspecified atom stereocenters. The third-order valence-electron chi connectivity index (χ3n) is 3.92. The summed E-state index contributed by atoms with van der Waals surface area (Å²) >= 11 is -1.05. The van der Waals surface area contributed by atoms with Crippen molar-refractivity contribution in [2.75, 3.05) is 30.9 Å². The summed E-state index contributed by atoms with van der Waals surface area (Å²) < 4.78 is 35.4. The van der Waals surface area contributed by atoms with Gasteiger partial charge in [-0.3, -0.25) is 18.9 Å². The topological polar surface area (TPSA) is 103 Å². The van der Waals surface area contributed by atoms with Crippen molar-refractivity contribution >= 4 is 40.1 Å². The molecule has 1 aromatic carbocycles. The van der Waals surface area contributed by atoms with Crippen LogP contribution in [0.2, 0.25) is 0 Å². The van der Waals surface area contributed by atoms with Gasteiger partial charge in [0.15, 0.2) is 0 Å². The largest absolute Gasteiger partial charge is 0.335 e. The highest BCUT2D eigenvalue weighted by molar-refractivity contribution is 7.80. The van der Waals surface area contributed by atoms with Crippen LogP contribution in [0, 0.1) is 5.82 Å². The monoisotopic (exact) mass is 398 g/mol. The van der Waals surface area contributed by atoms with Crippen molar-refractivity contribution in [1.29, 1.82) is 0 Å². The number of rotatable bonds is 4. The Bertz CT molecular complexity index is 838. The third kappa shape index (κ3) is 4.06. The molecule has 0 radical (unpaired) electrons. The fourth-order valence-electron chi connectivity index (χ4n) is 2.60. The summed E-state index contributed by atoms with van der Waals surface area (Å²) in [5.41, 5.74) is 1.95. The molecule has 138 valence electrons. The molecule has 1 aliphatic heterocycles. The number of aromatic nitrogens is 1. The Kier molecular flexibility index (Phi) is 5.59. The van der Waals surface area contributed by atoms with Crippen LogP contribution in [-0.2, 0) is 11.3 Å². The van der Waals surface area contributed by atoms with Crippen molar-refractivity contribution in [1.82, 2.24) is 14.8 Å². The van der Waals surface area contributed by atoms with Crippen LogP contribution < -0.4 is 4.72 Å². The Morgan fingerprint density at radius 1 is 1.19 bits per heavy atom. The van der Waals surface area contributed by atoms with Crippen molar-refractivity contribution in [3.8, 4) is 0 Å². The van der Waals surface area contributed by atoms with Gasteiger partial charge >= 0.3 is 0 Å². The van der Waals surface area contributed by atoms with Crippen LogP contribution in [0.5, 0.6) is 0 Å². The number of carbonyl (C=O) groups is 2. The molecule has 0 aliphatic carbocycles. The highest BCUT2D eigenvalue weighted by Crippen LogP contribution is 2.18. The molecule has 1 saturated heterocycles. The minimum absolute atomic E-state index is 0.135. The molecular formula is C15H15FN4O4S2. The lowest BCUT2D eigenvalue weighted by Crippen LogP contribution is -2.50. The molecule has 26 heavy (non-hydrogen) atoms. The predicted octanol–water partition coefficient (Wildman–Crippen LogP) is 1.43. The fraction of sp³-hybridized carbons (Fsp3) is 0.267. The van der Waals surface area contributed by atoms with Gasteiger partial charge in [0.1, 0.15) is 11.5 Å². The van der Waals surface area contributed by atoms with Crippen molar-refractivity contribution < 1.29 is 22.7 Å². The first-order valence-electron chi connectivity index (χ1n) is 7.59. The van der Waals surface area contributed by atoms with Gasteiger partial charge in [-0.2, -0.15) is 0 Å². The molecule has 2 aromatic rings. The molecule has 0 bridgehead atoms. The van der Waals surface area contributed by atoms with Gasteiger partial charge in [-0.15, -0.1) is 11.3 Å². The lowest BCUT2D eigenvalue weighted by atomic mass is 10.1. The Morgan fingerprint density at radius 3 is 2.38 bits per heavy atom. The van der Waals surface area contributed by atoms with Crippen molar-refractivity contribution in [2.24, 2.45) is 0 Å². The van der Waals surface area contributed by atoms with E-state index in [1.54, 1.807) is 15.8 Å². The van der Waals surface area contributed by atoms with Crippen molar-refractivity contribution in [3.63, 3.8) is 0 Å². The molecule has 2 N–H and O–H groups in total. The summed E-state index contributed by atoms with van der Waals surface area (Å²) in [6.07, 6.45) is 0. The van der Waals surface area contributed by atoms with E-state index in [4.69, 9.17) is 4.55 Å². The van der Waals surface area contributed by atoms with Crippen LogP contribution in [-0.4, -0.2) is 61.5 Å². The van der Waals surface area contributed by atoms with E-state index in [1.807, 2.05) is 4.72 Å². The van der Waals surface area contributed by atoms with Crippen molar-refractivity contribution in [3.05, 3.63) is 46.2 Å². The standard InChI is InChI=1S/C15H15FN4O4S2/c16-11-7-10(1-2-12(11)18-26(23)24)14(21)19-3-5-20(6-4-19)15(22)13-8-25-9-17-13/h1-2,7-9,18H,3-6H2,(H,23,24). The second-order valence-electron chi connectivity index (χ2n) is 5.50. The molecule has 8 nitrogen and oxygen atoms in total. The summed E-state index contributed by atoms with van der Waals surface area (Å²) in [6.45, 7) is 1.40. The molecule has 1 fully saturated rings. The molecule has 1 aromatic heterocycles. The first kappa shape index (κ1) is 18.4. The zero-order valence-corrected chi connectivity index (χ0v) is 15.1. The van der Waals surface area contributed by atoms with Crippen LogP contribution >= 0.6 is 11.3 Å². The number of nitrogens with one attached hydrogen (secondary N) is 1. The second-order valence-corrected chi connectivity index (χ2v) is 6.93. The number of thiazole rings is 1. The van der Waals surface area contributed by atoms with Crippen LogP contribution in [0.15, 0.2) is 29.1 Å². The summed E-state index contributed by atoms with van der Waals surface area (Å²) in [4.78, 5) is 31.9. The number of anilines is 1. The Balaban J connectivity index is 1.62. The first-order valence-corrected chi connectivity index (χ1v) is 9.64. The molecule has 1 atom stereocenters. The highest BCUT2D eigenvalue weighted by atomic mass is 32.2. The number of hydrogen-bond acceptors (Lipinski definition) is 5. The number of amides is 2. The fourth-order valence-corrected chi connectivity index (χ4v) is 3.48. The number of hydrogen-bond donors (Lipinski definition) is 2. The SMILES string of the molecule is O=C(c1ccc(NS(=O)O)c(F)c1)N1CCN(C(=O)c2cscn2)CC1. The van der Waals surface area contributed by atoms with Gasteiger partial charge in [0.25, 0.3) is 23.1 Å². The van der Waals surface area contributed by atoms with Crippen LogP contribution in [0.4, 0.5) is 10.1 Å². The van der Waals surface area contributed by atoms with Crippen LogP contribution in [0.3, 0.4) is 0 Å². The van der Waals surface area contributed by atoms with E-state index in [0.717, 1.165) is 6.07 Å². The minimum Gasteiger partial charge on any atom is -0.335 e. The van der Waals surface area contributed by atoms with Crippen molar-refractivity contribution in [2.45, 2.75) is 0 Å². The summed E-state index contributed by atoms with van der Waals surface area (Å²) in [7, 11) is 0. The van der Waals surface area contributed by atoms with Gasteiger partial charge in [-0.1, -0.05) is 0 Å². The van der Waals surface area contributed by atoms with Gasteiger partial charge in [0.2, 0.25) is 0 Å². The normalized spacial score (nSPS) is 15.6. The number of benzene rings is 1. The van der Waals surface area contributed by atoms with E-state index in [1.165, 1.54) is 28.4 Å². The summed E-state index contributed by atoms with van der Waals surface area (Å²) in [5, 5.41) is 1.68. The first-order chi connectivity index (χ1) is 12.5. The number of halogens is 1. The molecule has 11 heteroatoms. The quantitative estimate of drug-likeness (QED) is 0.759. The van der Waals surface area contributed by atoms with E-state index >= 15 is 0 Å². The number of nitrogens with zero attached hydrogens (tertiary/aromatic N) is 3. The van der Waals surface area contributed by atoms with Gasteiger partial charge in [0, 0.05) is 37.1 Å². The maximum Gasteiger partial charge on any atom is 0.273 e. The third-order valence-corrected chi connectivity index (χ3v) is 4.90. The highest BCUT2D eigenvalue weighted by Gasteiger charge is 2.26. The second kappa shape index (κ2) is 7.89. The zero-order chi connectivity index (χ0) is 18.7. The van der Waals surface area contributed by atoms with Gasteiger partial charge in [0.05, 0.1) is 11.2 Å². The molecule has 1 aliphatic rings. The van der Waals surface area contributed by atoms with E-state index in [-0.39, 0.29) is 23.1 Å². The maximum atomic E-state index is 13.9. The molecule has 2 heterocycles. The van der Waals surface area contributed by atoms with Crippen LogP contribution in [0.25, 0.3) is 0 Å².